The molecule has 92 valence electrons. The van der Waals surface area contributed by atoms with E-state index in [-0.39, 0.29) is 5.78 Å². The second-order valence-corrected chi connectivity index (χ2v) is 5.04. The van der Waals surface area contributed by atoms with Gasteiger partial charge in [0.05, 0.1) is 6.54 Å². The lowest BCUT2D eigenvalue weighted by molar-refractivity contribution is 0.0920. The molecule has 1 fully saturated rings. The molecular weight excluding hydrogens is 234 g/mol. The summed E-state index contributed by atoms with van der Waals surface area (Å²) in [5.74, 6) is 0.196. The predicted octanol–water partition coefficient (Wildman–Crippen LogP) is 3.40. The Hall–Kier alpha value is -0.860. The minimum absolute atomic E-state index is 0.196. The molecule has 0 aromatic heterocycles. The van der Waals surface area contributed by atoms with Gasteiger partial charge in [0, 0.05) is 16.6 Å². The number of rotatable bonds is 4. The Kier molecular flexibility index (Phi) is 4.19. The maximum Gasteiger partial charge on any atom is 0.176 e. The number of hydrogen-bond acceptors (Lipinski definition) is 2. The minimum atomic E-state index is 0.196. The van der Waals surface area contributed by atoms with Gasteiger partial charge in [0.1, 0.15) is 0 Å². The van der Waals surface area contributed by atoms with Crippen molar-refractivity contribution in [1.82, 2.24) is 4.90 Å². The zero-order chi connectivity index (χ0) is 12.3. The van der Waals surface area contributed by atoms with Crippen LogP contribution in [0, 0.1) is 0 Å². The van der Waals surface area contributed by atoms with Crippen LogP contribution >= 0.6 is 11.6 Å². The Bertz CT molecular complexity index is 388. The molecule has 1 aromatic carbocycles. The van der Waals surface area contributed by atoms with Gasteiger partial charge in [0.25, 0.3) is 0 Å². The fourth-order valence-electron chi connectivity index (χ4n) is 2.48. The molecule has 1 atom stereocenters. The zero-order valence-electron chi connectivity index (χ0n) is 10.2. The van der Waals surface area contributed by atoms with Crippen LogP contribution in [0.4, 0.5) is 0 Å². The molecule has 1 heterocycles. The van der Waals surface area contributed by atoms with Gasteiger partial charge in [-0.15, -0.1) is 0 Å². The number of ketones is 1. The number of carbonyl (C=O) groups excluding carboxylic acids is 1. The van der Waals surface area contributed by atoms with Crippen molar-refractivity contribution in [3.05, 3.63) is 34.9 Å². The van der Waals surface area contributed by atoms with Crippen molar-refractivity contribution in [3.63, 3.8) is 0 Å². The Morgan fingerprint density at radius 1 is 1.41 bits per heavy atom. The van der Waals surface area contributed by atoms with Crippen molar-refractivity contribution >= 4 is 17.4 Å². The van der Waals surface area contributed by atoms with Gasteiger partial charge >= 0.3 is 0 Å². The van der Waals surface area contributed by atoms with Crippen LogP contribution in [0.25, 0.3) is 0 Å². The lowest BCUT2D eigenvalue weighted by Crippen LogP contribution is -2.33. The van der Waals surface area contributed by atoms with Gasteiger partial charge in [0.2, 0.25) is 0 Å². The number of Topliss-reactive ketones (excluding diaryl/α,β-unsaturated/α-hetero) is 1. The van der Waals surface area contributed by atoms with E-state index >= 15 is 0 Å². The van der Waals surface area contributed by atoms with Crippen LogP contribution in [-0.2, 0) is 0 Å². The first-order valence-corrected chi connectivity index (χ1v) is 6.61. The van der Waals surface area contributed by atoms with Crippen molar-refractivity contribution in [1.29, 1.82) is 0 Å². The van der Waals surface area contributed by atoms with Crippen LogP contribution in [0.5, 0.6) is 0 Å². The lowest BCUT2D eigenvalue weighted by Gasteiger charge is -2.22. The first-order valence-electron chi connectivity index (χ1n) is 6.23. The highest BCUT2D eigenvalue weighted by molar-refractivity contribution is 6.30. The van der Waals surface area contributed by atoms with E-state index in [0.29, 0.717) is 17.6 Å². The monoisotopic (exact) mass is 251 g/mol. The molecule has 0 saturated carbocycles. The van der Waals surface area contributed by atoms with Crippen LogP contribution in [-0.4, -0.2) is 29.8 Å². The molecule has 1 aromatic rings. The van der Waals surface area contributed by atoms with Crippen LogP contribution in [0.2, 0.25) is 5.02 Å². The quantitative estimate of drug-likeness (QED) is 0.765. The number of nitrogens with zero attached hydrogens (tertiary/aromatic N) is 1. The molecule has 0 aliphatic carbocycles. The van der Waals surface area contributed by atoms with E-state index in [1.54, 1.807) is 12.1 Å². The maximum atomic E-state index is 12.1. The van der Waals surface area contributed by atoms with Crippen LogP contribution in [0.3, 0.4) is 0 Å². The third-order valence-electron chi connectivity index (χ3n) is 3.48. The Balaban J connectivity index is 1.99. The molecular formula is C14H18ClNO. The topological polar surface area (TPSA) is 20.3 Å². The number of hydrogen-bond donors (Lipinski definition) is 0. The molecule has 1 aliphatic rings. The number of carbonyl (C=O) groups is 1. The Morgan fingerprint density at radius 2 is 2.12 bits per heavy atom. The fraction of sp³-hybridized carbons (Fsp3) is 0.500. The van der Waals surface area contributed by atoms with E-state index in [2.05, 4.69) is 11.8 Å². The van der Waals surface area contributed by atoms with Crippen molar-refractivity contribution in [3.8, 4) is 0 Å². The molecule has 0 radical (unpaired) electrons. The van der Waals surface area contributed by atoms with Crippen molar-refractivity contribution < 1.29 is 4.79 Å². The molecule has 2 nitrogen and oxygen atoms in total. The second kappa shape index (κ2) is 5.65. The van der Waals surface area contributed by atoms with Crippen molar-refractivity contribution in [2.24, 2.45) is 0 Å². The van der Waals surface area contributed by atoms with Gasteiger partial charge in [-0.1, -0.05) is 18.5 Å². The second-order valence-electron chi connectivity index (χ2n) is 4.60. The highest BCUT2D eigenvalue weighted by Crippen LogP contribution is 2.20. The van der Waals surface area contributed by atoms with Gasteiger partial charge in [0.15, 0.2) is 5.78 Å². The molecule has 0 bridgehead atoms. The van der Waals surface area contributed by atoms with E-state index in [0.717, 1.165) is 18.5 Å². The highest BCUT2D eigenvalue weighted by atomic mass is 35.5. The summed E-state index contributed by atoms with van der Waals surface area (Å²) < 4.78 is 0. The molecule has 0 N–H and O–H groups in total. The molecule has 1 aliphatic heterocycles. The summed E-state index contributed by atoms with van der Waals surface area (Å²) in [6.45, 7) is 3.79. The van der Waals surface area contributed by atoms with E-state index in [1.165, 1.54) is 12.8 Å². The number of benzene rings is 1. The molecule has 1 unspecified atom stereocenters. The minimum Gasteiger partial charge on any atom is -0.293 e. The van der Waals surface area contributed by atoms with E-state index in [4.69, 9.17) is 11.6 Å². The van der Waals surface area contributed by atoms with Gasteiger partial charge in [-0.05, 0) is 50.1 Å². The molecule has 17 heavy (non-hydrogen) atoms. The van der Waals surface area contributed by atoms with E-state index in [1.807, 2.05) is 12.1 Å². The van der Waals surface area contributed by atoms with Crippen molar-refractivity contribution in [2.45, 2.75) is 32.2 Å². The Labute approximate surface area is 108 Å². The third kappa shape index (κ3) is 3.08. The number of halogens is 1. The largest absolute Gasteiger partial charge is 0.293 e. The van der Waals surface area contributed by atoms with Crippen LogP contribution < -0.4 is 0 Å². The standard InChI is InChI=1S/C14H18ClNO/c1-2-13-4-3-9-16(13)10-14(17)11-5-7-12(15)8-6-11/h5-8,13H,2-4,9-10H2,1H3. The van der Waals surface area contributed by atoms with Gasteiger partial charge < -0.3 is 0 Å². The van der Waals surface area contributed by atoms with Crippen LogP contribution in [0.15, 0.2) is 24.3 Å². The summed E-state index contributed by atoms with van der Waals surface area (Å²) in [5.41, 5.74) is 0.760. The third-order valence-corrected chi connectivity index (χ3v) is 3.74. The molecule has 1 saturated heterocycles. The van der Waals surface area contributed by atoms with E-state index in [9.17, 15) is 4.79 Å². The first kappa shape index (κ1) is 12.6. The van der Waals surface area contributed by atoms with Crippen molar-refractivity contribution in [2.75, 3.05) is 13.1 Å². The van der Waals surface area contributed by atoms with E-state index < -0.39 is 0 Å². The lowest BCUT2D eigenvalue weighted by atomic mass is 10.1. The SMILES string of the molecule is CCC1CCCN1CC(=O)c1ccc(Cl)cc1. The summed E-state index contributed by atoms with van der Waals surface area (Å²) in [6.07, 6.45) is 3.57. The summed E-state index contributed by atoms with van der Waals surface area (Å²) >= 11 is 5.81. The molecule has 2 rings (SSSR count). The Morgan fingerprint density at radius 3 is 2.76 bits per heavy atom. The average molecular weight is 252 g/mol. The van der Waals surface area contributed by atoms with Gasteiger partial charge in [-0.3, -0.25) is 9.69 Å². The average Bonchev–Trinajstić information content (AvgIpc) is 2.77. The summed E-state index contributed by atoms with van der Waals surface area (Å²) in [5, 5.41) is 0.675. The highest BCUT2D eigenvalue weighted by Gasteiger charge is 2.24. The summed E-state index contributed by atoms with van der Waals surface area (Å²) in [4.78, 5) is 14.4. The fourth-order valence-corrected chi connectivity index (χ4v) is 2.60. The summed E-state index contributed by atoms with van der Waals surface area (Å²) in [7, 11) is 0. The molecule has 3 heteroatoms. The van der Waals surface area contributed by atoms with Gasteiger partial charge in [-0.2, -0.15) is 0 Å². The van der Waals surface area contributed by atoms with Crippen LogP contribution in [0.1, 0.15) is 36.5 Å². The smallest absolute Gasteiger partial charge is 0.176 e. The predicted molar refractivity (Wildman–Crippen MR) is 70.7 cm³/mol. The molecule has 0 amide bonds. The maximum absolute atomic E-state index is 12.1. The summed E-state index contributed by atoms with van der Waals surface area (Å²) in [6, 6.07) is 7.75. The zero-order valence-corrected chi connectivity index (χ0v) is 10.9. The molecule has 0 spiro atoms. The normalized spacial score (nSPS) is 20.7. The number of likely N-dealkylation sites (tertiary alicyclic amines) is 1. The van der Waals surface area contributed by atoms with Gasteiger partial charge in [-0.25, -0.2) is 0 Å². The first-order chi connectivity index (χ1) is 8.20.